The molecule has 9 nitrogen and oxygen atoms in total. The van der Waals surface area contributed by atoms with E-state index in [0.29, 0.717) is 41.8 Å². The number of nitrogens with one attached hydrogen (secondary N) is 3. The first-order valence-electron chi connectivity index (χ1n) is 9.11. The molecule has 29 heavy (non-hydrogen) atoms. The molecule has 0 aliphatic rings. The van der Waals surface area contributed by atoms with Crippen molar-refractivity contribution in [3.8, 4) is 22.6 Å². The lowest BCUT2D eigenvalue weighted by Crippen LogP contribution is -2.28. The Morgan fingerprint density at radius 3 is 2.93 bits per heavy atom. The van der Waals surface area contributed by atoms with Gasteiger partial charge in [-0.2, -0.15) is 0 Å². The number of methoxy groups -OCH3 is 1. The maximum Gasteiger partial charge on any atom is 0.321 e. The van der Waals surface area contributed by atoms with Gasteiger partial charge in [0, 0.05) is 31.6 Å². The Balaban J connectivity index is 1.83. The van der Waals surface area contributed by atoms with E-state index < -0.39 is 0 Å². The van der Waals surface area contributed by atoms with E-state index in [9.17, 15) is 4.79 Å². The van der Waals surface area contributed by atoms with E-state index in [1.165, 1.54) is 0 Å². The van der Waals surface area contributed by atoms with Crippen molar-refractivity contribution >= 4 is 23.0 Å². The summed E-state index contributed by atoms with van der Waals surface area (Å²) in [5.41, 5.74) is 3.93. The molecule has 0 bridgehead atoms. The summed E-state index contributed by atoms with van der Waals surface area (Å²) in [5, 5.41) is 5.37. The standard InChI is InChI=1S/C20H20N6O3/c1-3-22-20(27)26-19-24-16-8-13(12-5-4-6-21-9-12)7-15(17(16)25-19)18-23-10-14(29-18)11-28-2/h4-10H,3,11H2,1-2H3,(H3,22,24,25,26,27). The third-order valence-corrected chi connectivity index (χ3v) is 4.23. The number of carbonyl (C=O) groups is 1. The number of nitrogens with zero attached hydrogens (tertiary/aromatic N) is 3. The largest absolute Gasteiger partial charge is 0.439 e. The van der Waals surface area contributed by atoms with Gasteiger partial charge in [-0.3, -0.25) is 10.3 Å². The quantitative estimate of drug-likeness (QED) is 0.462. The Labute approximate surface area is 166 Å². The highest BCUT2D eigenvalue weighted by molar-refractivity contribution is 5.97. The van der Waals surface area contributed by atoms with Gasteiger partial charge in [-0.15, -0.1) is 0 Å². The lowest BCUT2D eigenvalue weighted by molar-refractivity contribution is 0.165. The Bertz CT molecular complexity index is 1140. The number of rotatable bonds is 6. The summed E-state index contributed by atoms with van der Waals surface area (Å²) in [6.45, 7) is 2.68. The molecule has 1 aromatic carbocycles. The summed E-state index contributed by atoms with van der Waals surface area (Å²) in [6, 6.07) is 7.38. The van der Waals surface area contributed by atoms with Crippen LogP contribution >= 0.6 is 0 Å². The lowest BCUT2D eigenvalue weighted by atomic mass is 10.0. The topological polar surface area (TPSA) is 118 Å². The van der Waals surface area contributed by atoms with Crippen molar-refractivity contribution in [2.24, 2.45) is 0 Å². The summed E-state index contributed by atoms with van der Waals surface area (Å²) >= 11 is 0. The molecule has 2 amide bonds. The second-order valence-corrected chi connectivity index (χ2v) is 6.29. The van der Waals surface area contributed by atoms with Crippen LogP contribution in [0.5, 0.6) is 0 Å². The number of pyridine rings is 1. The van der Waals surface area contributed by atoms with Crippen LogP contribution in [0.25, 0.3) is 33.6 Å². The SMILES string of the molecule is CCNC(=O)Nc1nc2cc(-c3cccnc3)cc(-c3ncc(COC)o3)c2[nH]1. The van der Waals surface area contributed by atoms with E-state index >= 15 is 0 Å². The van der Waals surface area contributed by atoms with Gasteiger partial charge in [-0.05, 0) is 30.7 Å². The second-order valence-electron chi connectivity index (χ2n) is 6.29. The number of fused-ring (bicyclic) bond motifs is 1. The van der Waals surface area contributed by atoms with Gasteiger partial charge in [0.25, 0.3) is 0 Å². The summed E-state index contributed by atoms with van der Waals surface area (Å²) < 4.78 is 11.0. The second kappa shape index (κ2) is 8.11. The lowest BCUT2D eigenvalue weighted by Gasteiger charge is -2.05. The Kier molecular flexibility index (Phi) is 5.21. The van der Waals surface area contributed by atoms with E-state index in [2.05, 4.69) is 30.6 Å². The Morgan fingerprint density at radius 2 is 2.17 bits per heavy atom. The highest BCUT2D eigenvalue weighted by Gasteiger charge is 2.17. The number of carbonyl (C=O) groups excluding carboxylic acids is 1. The molecule has 0 saturated carbocycles. The fourth-order valence-corrected chi connectivity index (χ4v) is 2.99. The minimum absolute atomic E-state index is 0.325. The molecule has 4 aromatic rings. The molecular formula is C20H20N6O3. The predicted octanol–water partition coefficient (Wildman–Crippen LogP) is 3.57. The number of imidazole rings is 1. The molecule has 0 fully saturated rings. The average molecular weight is 392 g/mol. The van der Waals surface area contributed by atoms with Gasteiger partial charge in [0.2, 0.25) is 11.8 Å². The van der Waals surface area contributed by atoms with E-state index in [-0.39, 0.29) is 6.03 Å². The van der Waals surface area contributed by atoms with Crippen molar-refractivity contribution in [2.45, 2.75) is 13.5 Å². The van der Waals surface area contributed by atoms with Gasteiger partial charge in [0.05, 0.1) is 22.8 Å². The van der Waals surface area contributed by atoms with Crippen molar-refractivity contribution in [2.75, 3.05) is 19.0 Å². The zero-order valence-electron chi connectivity index (χ0n) is 16.0. The molecule has 0 aliphatic carbocycles. The van der Waals surface area contributed by atoms with Crippen LogP contribution in [0.1, 0.15) is 12.7 Å². The third-order valence-electron chi connectivity index (χ3n) is 4.23. The fraction of sp³-hybridized carbons (Fsp3) is 0.200. The minimum atomic E-state index is -0.334. The number of ether oxygens (including phenoxy) is 1. The monoisotopic (exact) mass is 392 g/mol. The van der Waals surface area contributed by atoms with E-state index in [1.807, 2.05) is 31.2 Å². The normalized spacial score (nSPS) is 11.0. The smallest absolute Gasteiger partial charge is 0.321 e. The summed E-state index contributed by atoms with van der Waals surface area (Å²) in [4.78, 5) is 28.1. The fourth-order valence-electron chi connectivity index (χ4n) is 2.99. The van der Waals surface area contributed by atoms with Crippen LogP contribution in [-0.2, 0) is 11.3 Å². The molecule has 148 valence electrons. The molecule has 0 saturated heterocycles. The minimum Gasteiger partial charge on any atom is -0.439 e. The number of aromatic nitrogens is 4. The number of amides is 2. The maximum atomic E-state index is 11.9. The van der Waals surface area contributed by atoms with Crippen LogP contribution in [0.4, 0.5) is 10.7 Å². The molecule has 0 atom stereocenters. The summed E-state index contributed by atoms with van der Waals surface area (Å²) in [6.07, 6.45) is 5.12. The van der Waals surface area contributed by atoms with Crippen molar-refractivity contribution < 1.29 is 13.9 Å². The average Bonchev–Trinajstić information content (AvgIpc) is 3.35. The number of oxazole rings is 1. The number of hydrogen-bond acceptors (Lipinski definition) is 6. The third kappa shape index (κ3) is 3.94. The Morgan fingerprint density at radius 1 is 1.28 bits per heavy atom. The number of aromatic amines is 1. The van der Waals surface area contributed by atoms with Crippen LogP contribution in [0.2, 0.25) is 0 Å². The van der Waals surface area contributed by atoms with Crippen molar-refractivity contribution in [3.63, 3.8) is 0 Å². The van der Waals surface area contributed by atoms with Crippen LogP contribution in [0.15, 0.2) is 47.3 Å². The molecular weight excluding hydrogens is 372 g/mol. The number of anilines is 1. The van der Waals surface area contributed by atoms with Crippen LogP contribution in [0, 0.1) is 0 Å². The van der Waals surface area contributed by atoms with Gasteiger partial charge in [-0.1, -0.05) is 6.07 Å². The Hall–Kier alpha value is -3.72. The van der Waals surface area contributed by atoms with Gasteiger partial charge < -0.3 is 19.5 Å². The first-order chi connectivity index (χ1) is 14.2. The number of benzene rings is 1. The zero-order chi connectivity index (χ0) is 20.2. The number of hydrogen-bond donors (Lipinski definition) is 3. The molecule has 3 N–H and O–H groups in total. The van der Waals surface area contributed by atoms with E-state index in [0.717, 1.165) is 16.7 Å². The van der Waals surface area contributed by atoms with Crippen molar-refractivity contribution in [1.82, 2.24) is 25.3 Å². The number of H-pyrrole nitrogens is 1. The first kappa shape index (κ1) is 18.6. The highest BCUT2D eigenvalue weighted by Crippen LogP contribution is 2.33. The number of urea groups is 1. The van der Waals surface area contributed by atoms with Crippen molar-refractivity contribution in [3.05, 3.63) is 48.6 Å². The van der Waals surface area contributed by atoms with Gasteiger partial charge in [-0.25, -0.2) is 14.8 Å². The van der Waals surface area contributed by atoms with Gasteiger partial charge in [0.1, 0.15) is 6.61 Å². The van der Waals surface area contributed by atoms with E-state index in [1.54, 1.807) is 25.7 Å². The van der Waals surface area contributed by atoms with Gasteiger partial charge in [0.15, 0.2) is 5.76 Å². The first-order valence-corrected chi connectivity index (χ1v) is 9.11. The summed E-state index contributed by atoms with van der Waals surface area (Å²) in [7, 11) is 1.59. The highest BCUT2D eigenvalue weighted by atomic mass is 16.5. The van der Waals surface area contributed by atoms with Crippen molar-refractivity contribution in [1.29, 1.82) is 0 Å². The molecule has 0 spiro atoms. The van der Waals surface area contributed by atoms with Gasteiger partial charge >= 0.3 is 6.03 Å². The van der Waals surface area contributed by atoms with Crippen LogP contribution < -0.4 is 10.6 Å². The van der Waals surface area contributed by atoms with Crippen LogP contribution in [0.3, 0.4) is 0 Å². The zero-order valence-corrected chi connectivity index (χ0v) is 16.0. The molecule has 0 aliphatic heterocycles. The predicted molar refractivity (Wildman–Crippen MR) is 108 cm³/mol. The van der Waals surface area contributed by atoms with E-state index in [4.69, 9.17) is 9.15 Å². The molecule has 3 heterocycles. The molecule has 0 radical (unpaired) electrons. The maximum absolute atomic E-state index is 11.9. The molecule has 4 rings (SSSR count). The summed E-state index contributed by atoms with van der Waals surface area (Å²) in [5.74, 6) is 1.38. The van der Waals surface area contributed by atoms with Crippen LogP contribution in [-0.4, -0.2) is 39.6 Å². The molecule has 3 aromatic heterocycles. The molecule has 0 unspecified atom stereocenters. The molecule has 9 heteroatoms.